The molecular weight excluding hydrogens is 242 g/mol. The molecule has 2 N–H and O–H groups in total. The Labute approximate surface area is 116 Å². The zero-order valence-corrected chi connectivity index (χ0v) is 12.7. The number of hydrogen-bond acceptors (Lipinski definition) is 3. The van der Waals surface area contributed by atoms with Gasteiger partial charge in [0, 0.05) is 13.1 Å². The van der Waals surface area contributed by atoms with Gasteiger partial charge in [0.15, 0.2) is 0 Å². The van der Waals surface area contributed by atoms with Crippen LogP contribution in [0.2, 0.25) is 0 Å². The van der Waals surface area contributed by atoms with Gasteiger partial charge in [-0.05, 0) is 32.2 Å². The van der Waals surface area contributed by atoms with Crippen LogP contribution in [0.15, 0.2) is 0 Å². The van der Waals surface area contributed by atoms with Gasteiger partial charge in [-0.3, -0.25) is 9.59 Å². The molecule has 0 spiro atoms. The van der Waals surface area contributed by atoms with Gasteiger partial charge in [0.2, 0.25) is 11.8 Å². The van der Waals surface area contributed by atoms with Gasteiger partial charge in [0.1, 0.15) is 6.04 Å². The number of nitrogens with one attached hydrogen (secondary N) is 2. The average Bonchev–Trinajstić information content (AvgIpc) is 2.76. The van der Waals surface area contributed by atoms with E-state index in [0.717, 1.165) is 12.8 Å². The third-order valence-corrected chi connectivity index (χ3v) is 3.59. The molecule has 1 aliphatic rings. The van der Waals surface area contributed by atoms with E-state index in [1.54, 1.807) is 11.9 Å². The van der Waals surface area contributed by atoms with Crippen molar-refractivity contribution >= 4 is 11.8 Å². The van der Waals surface area contributed by atoms with Crippen LogP contribution < -0.4 is 10.6 Å². The molecule has 19 heavy (non-hydrogen) atoms. The predicted octanol–water partition coefficient (Wildman–Crippen LogP) is 0.748. The maximum Gasteiger partial charge on any atom is 0.242 e. The van der Waals surface area contributed by atoms with E-state index in [-0.39, 0.29) is 29.3 Å². The Morgan fingerprint density at radius 3 is 2.47 bits per heavy atom. The molecule has 2 amide bonds. The number of likely N-dealkylation sites (tertiary alicyclic amines) is 1. The molecule has 2 atom stereocenters. The summed E-state index contributed by atoms with van der Waals surface area (Å²) in [5.41, 5.74) is -0.166. The average molecular weight is 269 g/mol. The second-order valence-corrected chi connectivity index (χ2v) is 6.17. The van der Waals surface area contributed by atoms with E-state index in [1.165, 1.54) is 0 Å². The van der Waals surface area contributed by atoms with Crippen molar-refractivity contribution < 1.29 is 9.59 Å². The minimum atomic E-state index is -0.300. The maximum absolute atomic E-state index is 12.6. The molecule has 5 heteroatoms. The first-order valence-corrected chi connectivity index (χ1v) is 7.08. The Bertz CT molecular complexity index is 336. The molecule has 0 aromatic rings. The van der Waals surface area contributed by atoms with Crippen molar-refractivity contribution in [3.63, 3.8) is 0 Å². The van der Waals surface area contributed by atoms with E-state index >= 15 is 0 Å². The van der Waals surface area contributed by atoms with Crippen molar-refractivity contribution in [2.24, 2.45) is 5.41 Å². The smallest absolute Gasteiger partial charge is 0.242 e. The first-order valence-electron chi connectivity index (χ1n) is 7.08. The zero-order chi connectivity index (χ0) is 14.6. The van der Waals surface area contributed by atoms with Crippen molar-refractivity contribution in [1.29, 1.82) is 0 Å². The first-order chi connectivity index (χ1) is 8.82. The minimum Gasteiger partial charge on any atom is -0.355 e. The fourth-order valence-corrected chi connectivity index (χ4v) is 2.69. The predicted molar refractivity (Wildman–Crippen MR) is 75.7 cm³/mol. The van der Waals surface area contributed by atoms with Crippen molar-refractivity contribution in [2.45, 2.75) is 52.6 Å². The summed E-state index contributed by atoms with van der Waals surface area (Å²) in [5.74, 6) is 0.000801. The molecule has 0 bridgehead atoms. The summed E-state index contributed by atoms with van der Waals surface area (Å²) in [7, 11) is 1.80. The molecule has 2 unspecified atom stereocenters. The summed E-state index contributed by atoms with van der Waals surface area (Å²) in [6.07, 6.45) is 1.66. The lowest BCUT2D eigenvalue weighted by Crippen LogP contribution is -2.55. The van der Waals surface area contributed by atoms with Crippen molar-refractivity contribution in [1.82, 2.24) is 15.5 Å². The van der Waals surface area contributed by atoms with Crippen LogP contribution in [0.25, 0.3) is 0 Å². The fourth-order valence-electron chi connectivity index (χ4n) is 2.69. The highest BCUT2D eigenvalue weighted by atomic mass is 16.2. The molecule has 0 saturated carbocycles. The van der Waals surface area contributed by atoms with Crippen LogP contribution in [0.5, 0.6) is 0 Å². The normalized spacial score (nSPS) is 21.3. The number of carbonyl (C=O) groups is 2. The topological polar surface area (TPSA) is 61.4 Å². The van der Waals surface area contributed by atoms with E-state index in [4.69, 9.17) is 0 Å². The van der Waals surface area contributed by atoms with E-state index in [1.807, 2.05) is 27.7 Å². The lowest BCUT2D eigenvalue weighted by Gasteiger charge is -2.34. The molecule has 1 saturated heterocycles. The monoisotopic (exact) mass is 269 g/mol. The highest BCUT2D eigenvalue weighted by molar-refractivity contribution is 5.90. The Morgan fingerprint density at radius 2 is 2.00 bits per heavy atom. The van der Waals surface area contributed by atoms with Crippen LogP contribution >= 0.6 is 0 Å². The molecule has 1 aliphatic heterocycles. The number of carbonyl (C=O) groups excluding carboxylic acids is 2. The van der Waals surface area contributed by atoms with E-state index in [9.17, 15) is 9.59 Å². The Kier molecular flexibility index (Phi) is 5.35. The van der Waals surface area contributed by atoms with Gasteiger partial charge in [0.05, 0.1) is 6.04 Å². The largest absolute Gasteiger partial charge is 0.355 e. The lowest BCUT2D eigenvalue weighted by molar-refractivity contribution is -0.141. The molecule has 0 aromatic carbocycles. The summed E-state index contributed by atoms with van der Waals surface area (Å²) in [6, 6.07) is -0.562. The van der Waals surface area contributed by atoms with Gasteiger partial charge < -0.3 is 15.5 Å². The third-order valence-electron chi connectivity index (χ3n) is 3.59. The highest BCUT2D eigenvalue weighted by Crippen LogP contribution is 2.25. The van der Waals surface area contributed by atoms with Crippen LogP contribution in [0, 0.1) is 5.41 Å². The van der Waals surface area contributed by atoms with Crippen LogP contribution in [0.1, 0.15) is 40.5 Å². The molecule has 0 aromatic heterocycles. The minimum absolute atomic E-state index is 0.0305. The zero-order valence-electron chi connectivity index (χ0n) is 12.7. The third kappa shape index (κ3) is 3.69. The van der Waals surface area contributed by atoms with Gasteiger partial charge in [-0.25, -0.2) is 0 Å². The van der Waals surface area contributed by atoms with Gasteiger partial charge in [-0.2, -0.15) is 0 Å². The summed E-state index contributed by atoms with van der Waals surface area (Å²) in [4.78, 5) is 26.4. The highest BCUT2D eigenvalue weighted by Gasteiger charge is 2.40. The summed E-state index contributed by atoms with van der Waals surface area (Å²) in [6.45, 7) is 9.27. The number of likely N-dealkylation sites (N-methyl/N-ethyl adjacent to an activating group) is 2. The van der Waals surface area contributed by atoms with Crippen molar-refractivity contribution in [3.05, 3.63) is 0 Å². The summed E-state index contributed by atoms with van der Waals surface area (Å²) >= 11 is 0. The Morgan fingerprint density at radius 1 is 1.37 bits per heavy atom. The molecule has 5 nitrogen and oxygen atoms in total. The van der Waals surface area contributed by atoms with E-state index < -0.39 is 0 Å². The maximum atomic E-state index is 12.6. The van der Waals surface area contributed by atoms with Crippen molar-refractivity contribution in [3.8, 4) is 0 Å². The Hall–Kier alpha value is -1.10. The standard InChI is InChI=1S/C14H27N3O2/c1-6-16-12(18)10-8-7-9-17(10)13(19)11(15-5)14(2,3)4/h10-11,15H,6-9H2,1-5H3,(H,16,18). The fraction of sp³-hybridized carbons (Fsp3) is 0.857. The molecule has 0 radical (unpaired) electrons. The van der Waals surface area contributed by atoms with Crippen molar-refractivity contribution in [2.75, 3.05) is 20.1 Å². The number of hydrogen-bond donors (Lipinski definition) is 2. The van der Waals surface area contributed by atoms with Gasteiger partial charge in [0.25, 0.3) is 0 Å². The van der Waals surface area contributed by atoms with Crippen LogP contribution in [0.4, 0.5) is 0 Å². The lowest BCUT2D eigenvalue weighted by atomic mass is 9.86. The quantitative estimate of drug-likeness (QED) is 0.791. The molecular formula is C14H27N3O2. The van der Waals surface area contributed by atoms with Gasteiger partial charge in [-0.1, -0.05) is 20.8 Å². The second-order valence-electron chi connectivity index (χ2n) is 6.17. The van der Waals surface area contributed by atoms with Crippen LogP contribution in [0.3, 0.4) is 0 Å². The number of rotatable bonds is 4. The molecule has 0 aliphatic carbocycles. The first kappa shape index (κ1) is 16.0. The Balaban J connectivity index is 2.82. The van der Waals surface area contributed by atoms with E-state index in [0.29, 0.717) is 13.1 Å². The van der Waals surface area contributed by atoms with E-state index in [2.05, 4.69) is 10.6 Å². The van der Waals surface area contributed by atoms with Gasteiger partial charge >= 0.3 is 0 Å². The van der Waals surface area contributed by atoms with Crippen LogP contribution in [-0.2, 0) is 9.59 Å². The number of nitrogens with zero attached hydrogens (tertiary/aromatic N) is 1. The van der Waals surface area contributed by atoms with Gasteiger partial charge in [-0.15, -0.1) is 0 Å². The SMILES string of the molecule is CCNC(=O)C1CCCN1C(=O)C(NC)C(C)(C)C. The molecule has 1 heterocycles. The molecule has 1 fully saturated rings. The van der Waals surface area contributed by atoms with Crippen LogP contribution in [-0.4, -0.2) is 48.9 Å². The number of amides is 2. The summed E-state index contributed by atoms with van der Waals surface area (Å²) in [5, 5.41) is 5.90. The molecule has 110 valence electrons. The molecule has 1 rings (SSSR count). The second kappa shape index (κ2) is 6.37. The summed E-state index contributed by atoms with van der Waals surface area (Å²) < 4.78 is 0.